The molecule has 0 spiro atoms. The molecule has 2 rings (SSSR count). The van der Waals surface area contributed by atoms with Crippen LogP contribution in [0.5, 0.6) is 0 Å². The predicted molar refractivity (Wildman–Crippen MR) is 205 cm³/mol. The molecule has 13 atom stereocenters. The number of carbonyl (C=O) groups excluding carboxylic acids is 2. The van der Waals surface area contributed by atoms with Crippen molar-refractivity contribution in [3.8, 4) is 0 Å². The molecule has 0 amide bonds. The molecule has 1 fully saturated rings. The number of hydrogen-bond acceptors (Lipinski definition) is 11. The molecule has 306 valence electrons. The Morgan fingerprint density at radius 2 is 1.58 bits per heavy atom. The molecule has 2 heterocycles. The van der Waals surface area contributed by atoms with E-state index in [0.29, 0.717) is 39.1 Å². The topological polar surface area (TPSA) is 121 Å². The zero-order valence-electron chi connectivity index (χ0n) is 35.0. The van der Waals surface area contributed by atoms with Crippen molar-refractivity contribution in [1.82, 2.24) is 0 Å². The molecule has 1 saturated heterocycles. The monoisotopic (exact) mass is 753 g/mol. The quantitative estimate of drug-likeness (QED) is 0.0371. The second-order valence-electron chi connectivity index (χ2n) is 14.8. The first-order chi connectivity index (χ1) is 25.1. The van der Waals surface area contributed by atoms with Gasteiger partial charge in [-0.15, -0.1) is 0 Å². The third kappa shape index (κ3) is 17.1. The van der Waals surface area contributed by atoms with Crippen molar-refractivity contribution in [3.63, 3.8) is 0 Å². The molecule has 0 aromatic rings. The van der Waals surface area contributed by atoms with Crippen LogP contribution in [0.4, 0.5) is 0 Å². The molecule has 11 heteroatoms. The van der Waals surface area contributed by atoms with E-state index in [-0.39, 0.29) is 60.7 Å². The molecule has 11 nitrogen and oxygen atoms in total. The molecule has 0 saturated carbocycles. The molecule has 0 aromatic heterocycles. The Morgan fingerprint density at radius 3 is 2.21 bits per heavy atom. The lowest BCUT2D eigenvalue weighted by molar-refractivity contribution is -0.181. The fourth-order valence-electron chi connectivity index (χ4n) is 7.10. The van der Waals surface area contributed by atoms with Crippen LogP contribution in [0.15, 0.2) is 36.0 Å². The Kier molecular flexibility index (Phi) is 21.1. The summed E-state index contributed by atoms with van der Waals surface area (Å²) >= 11 is 0. The summed E-state index contributed by atoms with van der Waals surface area (Å²) in [6.45, 7) is 26.8. The standard InChI is InChI=1S/C42H72O11/c1-14-36(50-33(11)46-16-3)30(8)41-38(51-41)26-42(13,53-34(12)47-17-4)24-18-19-28(6)40-29(7)21-23-37(48-31(9)43)27(5)20-22-35(25-39(44)52-40)49-32(10)45-15-2/h18-19,21,23-24,27,29-30,32-38,40-41H,14-17,20,22,25-26H2,1-13H3. The molecule has 2 aliphatic heterocycles. The first-order valence-electron chi connectivity index (χ1n) is 20.0. The van der Waals surface area contributed by atoms with Crippen LogP contribution in [0.2, 0.25) is 0 Å². The van der Waals surface area contributed by atoms with Crippen molar-refractivity contribution in [2.24, 2.45) is 17.8 Å². The van der Waals surface area contributed by atoms with E-state index < -0.39 is 36.5 Å². The highest BCUT2D eigenvalue weighted by Crippen LogP contribution is 2.40. The molecule has 13 unspecified atom stereocenters. The maximum Gasteiger partial charge on any atom is 0.309 e. The summed E-state index contributed by atoms with van der Waals surface area (Å²) in [5.41, 5.74) is 0.136. The van der Waals surface area contributed by atoms with Gasteiger partial charge in [-0.25, -0.2) is 0 Å². The van der Waals surface area contributed by atoms with E-state index in [1.165, 1.54) is 6.92 Å². The van der Waals surface area contributed by atoms with Crippen molar-refractivity contribution in [3.05, 3.63) is 36.0 Å². The molecule has 0 radical (unpaired) electrons. The van der Waals surface area contributed by atoms with Crippen LogP contribution in [0.1, 0.15) is 122 Å². The number of rotatable bonds is 21. The van der Waals surface area contributed by atoms with Crippen LogP contribution in [0.25, 0.3) is 0 Å². The van der Waals surface area contributed by atoms with Crippen LogP contribution >= 0.6 is 0 Å². The van der Waals surface area contributed by atoms with Gasteiger partial charge >= 0.3 is 11.9 Å². The van der Waals surface area contributed by atoms with E-state index in [9.17, 15) is 9.59 Å². The minimum atomic E-state index is -0.713. The van der Waals surface area contributed by atoms with Crippen LogP contribution in [0.3, 0.4) is 0 Å². The van der Waals surface area contributed by atoms with Gasteiger partial charge in [0.25, 0.3) is 0 Å². The zero-order valence-corrected chi connectivity index (χ0v) is 35.0. The van der Waals surface area contributed by atoms with Gasteiger partial charge in [0.15, 0.2) is 18.9 Å². The maximum absolute atomic E-state index is 13.4. The smallest absolute Gasteiger partial charge is 0.309 e. The molecular weight excluding hydrogens is 680 g/mol. The number of hydrogen-bond donors (Lipinski definition) is 0. The van der Waals surface area contributed by atoms with E-state index in [1.807, 2.05) is 99.6 Å². The van der Waals surface area contributed by atoms with Crippen LogP contribution in [-0.4, -0.2) is 92.9 Å². The number of cyclic esters (lactones) is 1. The Hall–Kier alpha value is -2.12. The summed E-state index contributed by atoms with van der Waals surface area (Å²) in [5, 5.41) is 0. The Labute approximate surface area is 320 Å². The highest BCUT2D eigenvalue weighted by atomic mass is 16.7. The number of esters is 2. The van der Waals surface area contributed by atoms with Crippen LogP contribution in [0, 0.1) is 17.8 Å². The van der Waals surface area contributed by atoms with Gasteiger partial charge in [0.1, 0.15) is 12.2 Å². The summed E-state index contributed by atoms with van der Waals surface area (Å²) in [4.78, 5) is 25.5. The Morgan fingerprint density at radius 1 is 0.943 bits per heavy atom. The molecule has 53 heavy (non-hydrogen) atoms. The van der Waals surface area contributed by atoms with Crippen molar-refractivity contribution in [1.29, 1.82) is 0 Å². The van der Waals surface area contributed by atoms with Gasteiger partial charge in [-0.2, -0.15) is 0 Å². The van der Waals surface area contributed by atoms with E-state index >= 15 is 0 Å². The van der Waals surface area contributed by atoms with Gasteiger partial charge in [-0.3, -0.25) is 9.59 Å². The van der Waals surface area contributed by atoms with Gasteiger partial charge in [0.05, 0.1) is 36.4 Å². The molecule has 0 N–H and O–H groups in total. The number of ether oxygens (including phenoxy) is 9. The van der Waals surface area contributed by atoms with Gasteiger partial charge < -0.3 is 42.6 Å². The fraction of sp³-hybridized carbons (Fsp3) is 0.810. The highest BCUT2D eigenvalue weighted by Gasteiger charge is 2.49. The maximum atomic E-state index is 13.4. The van der Waals surface area contributed by atoms with Crippen molar-refractivity contribution in [2.45, 2.75) is 183 Å². The molecule has 0 aromatic carbocycles. The average molecular weight is 753 g/mol. The third-order valence-corrected chi connectivity index (χ3v) is 9.92. The molecular formula is C42H72O11. The average Bonchev–Trinajstić information content (AvgIpc) is 3.84. The molecule has 0 bridgehead atoms. The van der Waals surface area contributed by atoms with E-state index in [4.69, 9.17) is 42.6 Å². The fourth-order valence-corrected chi connectivity index (χ4v) is 7.10. The normalized spacial score (nSPS) is 29.9. The van der Waals surface area contributed by atoms with Gasteiger partial charge in [0.2, 0.25) is 0 Å². The van der Waals surface area contributed by atoms with Crippen molar-refractivity contribution >= 4 is 11.9 Å². The Balaban J connectivity index is 2.34. The van der Waals surface area contributed by atoms with Crippen LogP contribution in [-0.2, 0) is 52.2 Å². The van der Waals surface area contributed by atoms with E-state index in [1.54, 1.807) is 0 Å². The number of carbonyl (C=O) groups is 2. The second-order valence-corrected chi connectivity index (χ2v) is 14.8. The lowest BCUT2D eigenvalue weighted by atomic mass is 9.90. The first kappa shape index (κ1) is 47.0. The SMILES string of the molecule is CCOC(C)OC1CCC(C)C(OC(C)=O)C=CC(C)C(C(C)=CC=CC(C)(CC2OC2C(C)C(CC)OC(C)OCC)OC(C)OCC)OC(=O)C1. The summed E-state index contributed by atoms with van der Waals surface area (Å²) in [6, 6.07) is 0. The molecule has 0 aliphatic carbocycles. The van der Waals surface area contributed by atoms with E-state index in [2.05, 4.69) is 13.8 Å². The lowest BCUT2D eigenvalue weighted by Crippen LogP contribution is -2.35. The molecule has 2 aliphatic rings. The highest BCUT2D eigenvalue weighted by molar-refractivity contribution is 5.70. The summed E-state index contributed by atoms with van der Waals surface area (Å²) < 4.78 is 53.9. The van der Waals surface area contributed by atoms with Gasteiger partial charge in [-0.05, 0) is 92.2 Å². The summed E-state index contributed by atoms with van der Waals surface area (Å²) in [5.74, 6) is -0.715. The second kappa shape index (κ2) is 23.7. The van der Waals surface area contributed by atoms with Crippen molar-refractivity contribution in [2.75, 3.05) is 19.8 Å². The lowest BCUT2D eigenvalue weighted by Gasteiger charge is -2.30. The van der Waals surface area contributed by atoms with Gasteiger partial charge in [-0.1, -0.05) is 52.0 Å². The van der Waals surface area contributed by atoms with Crippen LogP contribution < -0.4 is 0 Å². The summed E-state index contributed by atoms with van der Waals surface area (Å²) in [7, 11) is 0. The Bertz CT molecular complexity index is 1170. The number of allylic oxidation sites excluding steroid dienone is 2. The summed E-state index contributed by atoms with van der Waals surface area (Å²) in [6.07, 6.45) is 10.1. The van der Waals surface area contributed by atoms with Gasteiger partial charge in [0, 0.05) is 45.0 Å². The third-order valence-electron chi connectivity index (χ3n) is 9.92. The largest absolute Gasteiger partial charge is 0.458 e. The minimum absolute atomic E-state index is 0.00863. The zero-order chi connectivity index (χ0) is 39.7. The van der Waals surface area contributed by atoms with Crippen molar-refractivity contribution < 1.29 is 52.2 Å². The number of epoxide rings is 1. The predicted octanol–water partition coefficient (Wildman–Crippen LogP) is 8.24. The van der Waals surface area contributed by atoms with E-state index in [0.717, 1.165) is 12.0 Å². The minimum Gasteiger partial charge on any atom is -0.458 e. The first-order valence-corrected chi connectivity index (χ1v) is 20.0.